The summed E-state index contributed by atoms with van der Waals surface area (Å²) in [4.78, 5) is 13.8. The molecule has 0 saturated carbocycles. The molecule has 0 radical (unpaired) electrons. The van der Waals surface area contributed by atoms with E-state index in [4.69, 9.17) is 4.74 Å². The summed E-state index contributed by atoms with van der Waals surface area (Å²) in [5, 5.41) is 2.78. The highest BCUT2D eigenvalue weighted by atomic mass is 16.6. The van der Waals surface area contributed by atoms with Crippen molar-refractivity contribution < 1.29 is 9.53 Å². The molecule has 0 heterocycles. The van der Waals surface area contributed by atoms with Gasteiger partial charge in [-0.3, -0.25) is 4.90 Å². The molecule has 1 unspecified atom stereocenters. The highest BCUT2D eigenvalue weighted by Gasteiger charge is 2.11. The van der Waals surface area contributed by atoms with Gasteiger partial charge in [0.05, 0.1) is 0 Å². The van der Waals surface area contributed by atoms with Gasteiger partial charge in [-0.2, -0.15) is 0 Å². The molecule has 100 valence electrons. The van der Waals surface area contributed by atoms with Gasteiger partial charge in [0.2, 0.25) is 0 Å². The number of likely N-dealkylation sites (N-methyl/N-ethyl adjacent to an activating group) is 1. The normalized spacial score (nSPS) is 12.2. The average molecular weight is 250 g/mol. The molecule has 0 spiro atoms. The third kappa shape index (κ3) is 4.75. The number of nitrogens with zero attached hydrogens (tertiary/aromatic N) is 1. The summed E-state index contributed by atoms with van der Waals surface area (Å²) in [6.45, 7) is 8.87. The summed E-state index contributed by atoms with van der Waals surface area (Å²) in [6.07, 6.45) is -0.403. The molecular formula is C14H22N2O2. The zero-order valence-corrected chi connectivity index (χ0v) is 11.3. The van der Waals surface area contributed by atoms with E-state index in [-0.39, 0.29) is 0 Å². The molecule has 1 aromatic rings. The Morgan fingerprint density at radius 3 is 2.44 bits per heavy atom. The second-order valence-electron chi connectivity index (χ2n) is 4.15. The highest BCUT2D eigenvalue weighted by Crippen LogP contribution is 2.08. The van der Waals surface area contributed by atoms with Crippen molar-refractivity contribution in [3.63, 3.8) is 0 Å². The van der Waals surface area contributed by atoms with Crippen molar-refractivity contribution in [3.05, 3.63) is 30.3 Å². The maximum atomic E-state index is 11.6. The van der Waals surface area contributed by atoms with Crippen molar-refractivity contribution >= 4 is 6.09 Å². The Kier molecular flexibility index (Phi) is 6.22. The van der Waals surface area contributed by atoms with Crippen molar-refractivity contribution in [3.8, 4) is 5.75 Å². The molecule has 0 aliphatic heterocycles. The molecule has 1 N–H and O–H groups in total. The summed E-state index contributed by atoms with van der Waals surface area (Å²) >= 11 is 0. The molecule has 1 amide bonds. The molecule has 0 aromatic heterocycles. The number of para-hydroxylation sites is 1. The molecule has 0 saturated heterocycles. The maximum absolute atomic E-state index is 11.6. The van der Waals surface area contributed by atoms with Gasteiger partial charge in [-0.25, -0.2) is 4.79 Å². The largest absolute Gasteiger partial charge is 0.412 e. The Labute approximate surface area is 109 Å². The zero-order valence-electron chi connectivity index (χ0n) is 11.3. The molecule has 1 atom stereocenters. The summed E-state index contributed by atoms with van der Waals surface area (Å²) < 4.78 is 5.14. The van der Waals surface area contributed by atoms with E-state index in [1.807, 2.05) is 18.2 Å². The minimum atomic E-state index is -0.403. The summed E-state index contributed by atoms with van der Waals surface area (Å²) in [5.74, 6) is 0.561. The number of ether oxygens (including phenoxy) is 1. The number of hydrogen-bond donors (Lipinski definition) is 1. The van der Waals surface area contributed by atoms with Crippen LogP contribution in [0.5, 0.6) is 5.75 Å². The molecule has 0 fully saturated rings. The van der Waals surface area contributed by atoms with Crippen LogP contribution in [0.1, 0.15) is 20.8 Å². The lowest BCUT2D eigenvalue weighted by molar-refractivity contribution is 0.188. The van der Waals surface area contributed by atoms with Crippen LogP contribution in [0.3, 0.4) is 0 Å². The van der Waals surface area contributed by atoms with Gasteiger partial charge < -0.3 is 10.1 Å². The second kappa shape index (κ2) is 7.71. The van der Waals surface area contributed by atoms with Crippen molar-refractivity contribution in [2.75, 3.05) is 19.6 Å². The second-order valence-corrected chi connectivity index (χ2v) is 4.15. The Bertz CT molecular complexity index is 350. The van der Waals surface area contributed by atoms with E-state index in [0.29, 0.717) is 18.3 Å². The van der Waals surface area contributed by atoms with Gasteiger partial charge in [-0.05, 0) is 32.1 Å². The number of hydrogen-bond acceptors (Lipinski definition) is 3. The van der Waals surface area contributed by atoms with Crippen LogP contribution in [0.4, 0.5) is 4.79 Å². The van der Waals surface area contributed by atoms with E-state index in [1.54, 1.807) is 12.1 Å². The molecule has 1 rings (SSSR count). The van der Waals surface area contributed by atoms with Crippen LogP contribution in [0.25, 0.3) is 0 Å². The third-order valence-corrected chi connectivity index (χ3v) is 2.93. The van der Waals surface area contributed by atoms with Crippen LogP contribution in [-0.4, -0.2) is 36.7 Å². The summed E-state index contributed by atoms with van der Waals surface area (Å²) in [6, 6.07) is 9.37. The summed E-state index contributed by atoms with van der Waals surface area (Å²) in [5.41, 5.74) is 0. The predicted octanol–water partition coefficient (Wildman–Crippen LogP) is 2.51. The van der Waals surface area contributed by atoms with Crippen LogP contribution in [0, 0.1) is 0 Å². The molecule has 0 aliphatic rings. The monoisotopic (exact) mass is 250 g/mol. The predicted molar refractivity (Wildman–Crippen MR) is 72.9 cm³/mol. The fourth-order valence-corrected chi connectivity index (χ4v) is 1.84. The first-order chi connectivity index (χ1) is 8.67. The van der Waals surface area contributed by atoms with Gasteiger partial charge in [-0.1, -0.05) is 32.0 Å². The maximum Gasteiger partial charge on any atom is 0.412 e. The van der Waals surface area contributed by atoms with E-state index in [0.717, 1.165) is 13.1 Å². The number of amides is 1. The number of carbonyl (C=O) groups is 1. The van der Waals surface area contributed by atoms with Crippen LogP contribution < -0.4 is 10.1 Å². The quantitative estimate of drug-likeness (QED) is 0.843. The fourth-order valence-electron chi connectivity index (χ4n) is 1.84. The standard InChI is InChI=1S/C14H22N2O2/c1-4-16(5-2)12(3)11-15-14(17)18-13-9-7-6-8-10-13/h6-10,12H,4-5,11H2,1-3H3,(H,15,17). The Morgan fingerprint density at radius 2 is 1.89 bits per heavy atom. The van der Waals surface area contributed by atoms with Crippen molar-refractivity contribution in [2.24, 2.45) is 0 Å². The van der Waals surface area contributed by atoms with Gasteiger partial charge >= 0.3 is 6.09 Å². The van der Waals surface area contributed by atoms with E-state index >= 15 is 0 Å². The Hall–Kier alpha value is -1.55. The topological polar surface area (TPSA) is 41.6 Å². The average Bonchev–Trinajstić information content (AvgIpc) is 2.39. The van der Waals surface area contributed by atoms with Crippen LogP contribution in [0.2, 0.25) is 0 Å². The number of benzene rings is 1. The van der Waals surface area contributed by atoms with Crippen LogP contribution >= 0.6 is 0 Å². The molecule has 18 heavy (non-hydrogen) atoms. The fraction of sp³-hybridized carbons (Fsp3) is 0.500. The molecule has 4 nitrogen and oxygen atoms in total. The van der Waals surface area contributed by atoms with E-state index in [1.165, 1.54) is 0 Å². The number of nitrogens with one attached hydrogen (secondary N) is 1. The first kappa shape index (κ1) is 14.5. The molecular weight excluding hydrogens is 228 g/mol. The van der Waals surface area contributed by atoms with Gasteiger partial charge in [0, 0.05) is 12.6 Å². The lowest BCUT2D eigenvalue weighted by atomic mass is 10.3. The minimum Gasteiger partial charge on any atom is -0.410 e. The zero-order chi connectivity index (χ0) is 13.4. The number of rotatable bonds is 6. The van der Waals surface area contributed by atoms with Crippen molar-refractivity contribution in [2.45, 2.75) is 26.8 Å². The lowest BCUT2D eigenvalue weighted by Crippen LogP contribution is -2.42. The van der Waals surface area contributed by atoms with E-state index in [9.17, 15) is 4.79 Å². The first-order valence-corrected chi connectivity index (χ1v) is 6.42. The smallest absolute Gasteiger partial charge is 0.410 e. The van der Waals surface area contributed by atoms with Crippen LogP contribution in [0.15, 0.2) is 30.3 Å². The molecule has 1 aromatic carbocycles. The molecule has 4 heteroatoms. The SMILES string of the molecule is CCN(CC)C(C)CNC(=O)Oc1ccccc1. The molecule has 0 aliphatic carbocycles. The Morgan fingerprint density at radius 1 is 1.28 bits per heavy atom. The first-order valence-electron chi connectivity index (χ1n) is 6.42. The van der Waals surface area contributed by atoms with E-state index < -0.39 is 6.09 Å². The number of carbonyl (C=O) groups excluding carboxylic acids is 1. The minimum absolute atomic E-state index is 0.309. The van der Waals surface area contributed by atoms with Gasteiger partial charge in [-0.15, -0.1) is 0 Å². The van der Waals surface area contributed by atoms with Gasteiger partial charge in [0.25, 0.3) is 0 Å². The summed E-state index contributed by atoms with van der Waals surface area (Å²) in [7, 11) is 0. The van der Waals surface area contributed by atoms with Crippen molar-refractivity contribution in [1.29, 1.82) is 0 Å². The van der Waals surface area contributed by atoms with Gasteiger partial charge in [0.1, 0.15) is 5.75 Å². The van der Waals surface area contributed by atoms with Gasteiger partial charge in [0.15, 0.2) is 0 Å². The molecule has 0 bridgehead atoms. The highest BCUT2D eigenvalue weighted by molar-refractivity contribution is 5.70. The van der Waals surface area contributed by atoms with Crippen molar-refractivity contribution in [1.82, 2.24) is 10.2 Å². The Balaban J connectivity index is 2.33. The third-order valence-electron chi connectivity index (χ3n) is 2.93. The van der Waals surface area contributed by atoms with Crippen LogP contribution in [-0.2, 0) is 0 Å². The lowest BCUT2D eigenvalue weighted by Gasteiger charge is -2.26. The van der Waals surface area contributed by atoms with E-state index in [2.05, 4.69) is 31.0 Å².